The Kier molecular flexibility index (Phi) is 5.11. The maximum atomic E-state index is 11.7. The van der Waals surface area contributed by atoms with Gasteiger partial charge in [-0.25, -0.2) is 0 Å². The number of aliphatic imine (C=N–C) groups is 1. The molecule has 2 N–H and O–H groups in total. The predicted molar refractivity (Wildman–Crippen MR) is 112 cm³/mol. The summed E-state index contributed by atoms with van der Waals surface area (Å²) in [6, 6.07) is 12.6. The van der Waals surface area contributed by atoms with Crippen molar-refractivity contribution in [2.24, 2.45) is 10.4 Å². The fraction of sp³-hybridized carbons (Fsp3) is 0.455. The average Bonchev–Trinajstić information content (AvgIpc) is 3.07. The Morgan fingerprint density at radius 1 is 1.29 bits per heavy atom. The summed E-state index contributed by atoms with van der Waals surface area (Å²) < 4.78 is 5.30. The van der Waals surface area contributed by atoms with Crippen LogP contribution in [0.4, 0.5) is 0 Å². The van der Waals surface area contributed by atoms with Gasteiger partial charge in [-0.2, -0.15) is 0 Å². The molecule has 2 aromatic carbocycles. The Balaban J connectivity index is 1.43. The van der Waals surface area contributed by atoms with Gasteiger partial charge < -0.3 is 20.3 Å². The third kappa shape index (κ3) is 3.77. The number of hydrogen-bond donors (Lipinski definition) is 2. The molecule has 2 aliphatic heterocycles. The molecule has 1 unspecified atom stereocenters. The van der Waals surface area contributed by atoms with Crippen molar-refractivity contribution in [2.75, 3.05) is 33.8 Å². The Morgan fingerprint density at radius 3 is 2.86 bits per heavy atom. The second kappa shape index (κ2) is 7.70. The molecule has 1 atom stereocenters. The number of methoxy groups -OCH3 is 1. The highest BCUT2D eigenvalue weighted by atomic mass is 16.5. The Labute approximate surface area is 166 Å². The molecule has 1 spiro atoms. The molecule has 148 valence electrons. The minimum absolute atomic E-state index is 0.0644. The van der Waals surface area contributed by atoms with E-state index in [-0.39, 0.29) is 11.3 Å². The van der Waals surface area contributed by atoms with Gasteiger partial charge in [0.25, 0.3) is 0 Å². The van der Waals surface area contributed by atoms with E-state index in [0.29, 0.717) is 6.42 Å². The first-order chi connectivity index (χ1) is 13.6. The molecule has 0 aliphatic carbocycles. The normalized spacial score (nSPS) is 22.6. The summed E-state index contributed by atoms with van der Waals surface area (Å²) in [5.74, 6) is 1.96. The molecular formula is C22H28N4O2. The summed E-state index contributed by atoms with van der Waals surface area (Å²) in [5, 5.41) is 8.88. The molecule has 28 heavy (non-hydrogen) atoms. The highest BCUT2D eigenvalue weighted by Crippen LogP contribution is 2.36. The monoisotopic (exact) mass is 380 g/mol. The van der Waals surface area contributed by atoms with Gasteiger partial charge in [-0.1, -0.05) is 18.2 Å². The first kappa shape index (κ1) is 18.6. The Bertz CT molecular complexity index is 911. The van der Waals surface area contributed by atoms with Crippen LogP contribution in [0.3, 0.4) is 0 Å². The highest BCUT2D eigenvalue weighted by molar-refractivity contribution is 5.85. The number of carbonyl (C=O) groups excluding carboxylic acids is 1. The number of benzene rings is 2. The summed E-state index contributed by atoms with van der Waals surface area (Å²) in [6.45, 7) is 3.36. The first-order valence-corrected chi connectivity index (χ1v) is 9.90. The van der Waals surface area contributed by atoms with E-state index < -0.39 is 0 Å². The number of likely N-dealkylation sites (tertiary alicyclic amines) is 1. The van der Waals surface area contributed by atoms with Crippen LogP contribution in [0.1, 0.15) is 24.8 Å². The van der Waals surface area contributed by atoms with Crippen LogP contribution in [0, 0.1) is 5.41 Å². The maximum Gasteiger partial charge on any atom is 0.220 e. The molecule has 2 aromatic rings. The van der Waals surface area contributed by atoms with Gasteiger partial charge in [0.2, 0.25) is 5.91 Å². The fourth-order valence-corrected chi connectivity index (χ4v) is 4.45. The van der Waals surface area contributed by atoms with Gasteiger partial charge >= 0.3 is 0 Å². The minimum Gasteiger partial charge on any atom is -0.497 e. The van der Waals surface area contributed by atoms with Crippen molar-refractivity contribution in [3.05, 3.63) is 42.0 Å². The van der Waals surface area contributed by atoms with Crippen LogP contribution < -0.4 is 15.4 Å². The third-order valence-corrected chi connectivity index (χ3v) is 5.93. The van der Waals surface area contributed by atoms with Crippen molar-refractivity contribution in [2.45, 2.75) is 25.8 Å². The number of guanidine groups is 1. The van der Waals surface area contributed by atoms with Crippen molar-refractivity contribution in [3.63, 3.8) is 0 Å². The van der Waals surface area contributed by atoms with Gasteiger partial charge in [0.05, 0.1) is 7.11 Å². The number of nitrogens with one attached hydrogen (secondary N) is 2. The van der Waals surface area contributed by atoms with E-state index in [1.807, 2.05) is 13.1 Å². The minimum atomic E-state index is 0.0644. The molecule has 2 fully saturated rings. The molecule has 0 saturated carbocycles. The maximum absolute atomic E-state index is 11.7. The van der Waals surface area contributed by atoms with Crippen molar-refractivity contribution in [1.82, 2.24) is 15.5 Å². The topological polar surface area (TPSA) is 66.0 Å². The van der Waals surface area contributed by atoms with E-state index in [1.54, 1.807) is 7.11 Å². The van der Waals surface area contributed by atoms with Crippen LogP contribution in [0.25, 0.3) is 10.8 Å². The number of nitrogens with zero attached hydrogens (tertiary/aromatic N) is 2. The zero-order chi connectivity index (χ0) is 19.6. The third-order valence-electron chi connectivity index (χ3n) is 5.93. The molecule has 1 amide bonds. The molecule has 2 aliphatic rings. The molecule has 0 radical (unpaired) electrons. The van der Waals surface area contributed by atoms with E-state index in [4.69, 9.17) is 4.74 Å². The lowest BCUT2D eigenvalue weighted by atomic mass is 9.79. The molecule has 4 rings (SSSR count). The molecule has 6 heteroatoms. The number of amides is 1. The summed E-state index contributed by atoms with van der Waals surface area (Å²) in [6.07, 6.45) is 2.83. The van der Waals surface area contributed by atoms with Gasteiger partial charge in [0.15, 0.2) is 5.96 Å². The first-order valence-electron chi connectivity index (χ1n) is 9.90. The number of piperidine rings is 1. The van der Waals surface area contributed by atoms with E-state index >= 15 is 0 Å². The van der Waals surface area contributed by atoms with Crippen molar-refractivity contribution >= 4 is 22.6 Å². The molecular weight excluding hydrogens is 352 g/mol. The molecule has 2 saturated heterocycles. The van der Waals surface area contributed by atoms with Crippen LogP contribution >= 0.6 is 0 Å². The zero-order valence-corrected chi connectivity index (χ0v) is 16.6. The molecule has 2 heterocycles. The summed E-state index contributed by atoms with van der Waals surface area (Å²) in [7, 11) is 3.52. The van der Waals surface area contributed by atoms with Crippen molar-refractivity contribution in [1.29, 1.82) is 0 Å². The van der Waals surface area contributed by atoms with Crippen LogP contribution in [-0.4, -0.2) is 50.6 Å². The average molecular weight is 380 g/mol. The highest BCUT2D eigenvalue weighted by Gasteiger charge is 2.42. The number of ether oxygens (including phenoxy) is 1. The largest absolute Gasteiger partial charge is 0.497 e. The fourth-order valence-electron chi connectivity index (χ4n) is 4.45. The van der Waals surface area contributed by atoms with Gasteiger partial charge in [0.1, 0.15) is 5.75 Å². The van der Waals surface area contributed by atoms with Crippen LogP contribution in [0.5, 0.6) is 5.75 Å². The van der Waals surface area contributed by atoms with Crippen molar-refractivity contribution in [3.8, 4) is 5.75 Å². The predicted octanol–water partition coefficient (Wildman–Crippen LogP) is 2.53. The SMILES string of the molecule is CN=C(NCc1ccc2cc(OC)ccc2c1)N1CCCC2(CNC(=O)C2)C1. The van der Waals surface area contributed by atoms with Gasteiger partial charge in [-0.15, -0.1) is 0 Å². The Hall–Kier alpha value is -2.76. The van der Waals surface area contributed by atoms with Gasteiger partial charge in [-0.3, -0.25) is 9.79 Å². The van der Waals surface area contributed by atoms with Gasteiger partial charge in [-0.05, 0) is 47.4 Å². The standard InChI is InChI=1S/C22H28N4O2/c1-23-21(26-9-3-8-22(15-26)12-20(27)25-14-22)24-13-16-4-5-18-11-19(28-2)7-6-17(18)10-16/h4-7,10-11H,3,8-9,12-15H2,1-2H3,(H,23,24)(H,25,27). The number of rotatable bonds is 3. The number of fused-ring (bicyclic) bond motifs is 1. The second-order valence-corrected chi connectivity index (χ2v) is 7.93. The zero-order valence-electron chi connectivity index (χ0n) is 16.6. The molecule has 0 bridgehead atoms. The summed E-state index contributed by atoms with van der Waals surface area (Å²) >= 11 is 0. The summed E-state index contributed by atoms with van der Waals surface area (Å²) in [4.78, 5) is 18.5. The lowest BCUT2D eigenvalue weighted by Crippen LogP contribution is -2.51. The van der Waals surface area contributed by atoms with E-state index in [0.717, 1.165) is 50.7 Å². The van der Waals surface area contributed by atoms with Crippen LogP contribution in [0.15, 0.2) is 41.4 Å². The van der Waals surface area contributed by atoms with Crippen LogP contribution in [-0.2, 0) is 11.3 Å². The second-order valence-electron chi connectivity index (χ2n) is 7.93. The molecule has 6 nitrogen and oxygen atoms in total. The van der Waals surface area contributed by atoms with E-state index in [2.05, 4.69) is 50.9 Å². The molecule has 0 aromatic heterocycles. The van der Waals surface area contributed by atoms with Crippen molar-refractivity contribution < 1.29 is 9.53 Å². The lowest BCUT2D eigenvalue weighted by molar-refractivity contribution is -0.119. The lowest BCUT2D eigenvalue weighted by Gasteiger charge is -2.40. The smallest absolute Gasteiger partial charge is 0.220 e. The van der Waals surface area contributed by atoms with Crippen LogP contribution in [0.2, 0.25) is 0 Å². The number of hydrogen-bond acceptors (Lipinski definition) is 3. The number of carbonyl (C=O) groups is 1. The van der Waals surface area contributed by atoms with Gasteiger partial charge in [0, 0.05) is 45.1 Å². The Morgan fingerprint density at radius 2 is 2.11 bits per heavy atom. The quantitative estimate of drug-likeness (QED) is 0.634. The van der Waals surface area contributed by atoms with E-state index in [1.165, 1.54) is 16.3 Å². The summed E-state index contributed by atoms with van der Waals surface area (Å²) in [5.41, 5.74) is 1.28. The van der Waals surface area contributed by atoms with E-state index in [9.17, 15) is 4.79 Å².